The molecule has 26 heavy (non-hydrogen) atoms. The molecular weight excluding hydrogens is 504 g/mol. The van der Waals surface area contributed by atoms with Crippen LogP contribution in [0.5, 0.6) is 0 Å². The van der Waals surface area contributed by atoms with Crippen molar-refractivity contribution in [1.82, 2.24) is 4.98 Å². The molecule has 4 nitrogen and oxygen atoms in total. The van der Waals surface area contributed by atoms with Gasteiger partial charge in [0.05, 0.1) is 23.4 Å². The molecule has 3 aromatic rings. The summed E-state index contributed by atoms with van der Waals surface area (Å²) in [6, 6.07) is 8.66. The molecule has 0 aliphatic heterocycles. The number of halogens is 3. The number of nitrogens with zero attached hydrogens (tertiary/aromatic N) is 1. The summed E-state index contributed by atoms with van der Waals surface area (Å²) in [5.41, 5.74) is 2.17. The van der Waals surface area contributed by atoms with Gasteiger partial charge in [0.15, 0.2) is 16.0 Å². The minimum Gasteiger partial charge on any atom is -0.379 e. The molecule has 0 saturated heterocycles. The summed E-state index contributed by atoms with van der Waals surface area (Å²) >= 11 is 14.2. The number of benzene rings is 2. The Labute approximate surface area is 174 Å². The Bertz CT molecular complexity index is 1080. The summed E-state index contributed by atoms with van der Waals surface area (Å²) in [5, 5.41) is 3.25. The van der Waals surface area contributed by atoms with E-state index in [0.29, 0.717) is 47.9 Å². The number of hydrogen-bond acceptors (Lipinski definition) is 5. The number of carbonyl (C=O) groups is 2. The number of fused-ring (bicyclic) bond motifs is 2. The fourth-order valence-corrected chi connectivity index (χ4v) is 5.33. The molecule has 0 spiro atoms. The van der Waals surface area contributed by atoms with Gasteiger partial charge in [-0.1, -0.05) is 35.9 Å². The standard InChI is InChI=1S/C18H9Br2ClN2O2S/c19-11-5-12(20)15(22-6-8-7-23-18(21)26-8)14-13(11)16(24)9-3-1-2-4-10(9)17(14)25/h1-5,7,22H,6H2. The molecule has 0 fully saturated rings. The highest BCUT2D eigenvalue weighted by Gasteiger charge is 2.34. The Morgan fingerprint density at radius 1 is 1.04 bits per heavy atom. The highest BCUT2D eigenvalue weighted by Crippen LogP contribution is 2.41. The van der Waals surface area contributed by atoms with E-state index in [9.17, 15) is 9.59 Å². The van der Waals surface area contributed by atoms with Crippen molar-refractivity contribution in [2.75, 3.05) is 5.32 Å². The van der Waals surface area contributed by atoms with Gasteiger partial charge in [0.25, 0.3) is 0 Å². The number of anilines is 1. The molecule has 0 radical (unpaired) electrons. The lowest BCUT2D eigenvalue weighted by Gasteiger charge is -2.23. The van der Waals surface area contributed by atoms with E-state index in [1.54, 1.807) is 36.5 Å². The van der Waals surface area contributed by atoms with Crippen LogP contribution in [0.2, 0.25) is 4.47 Å². The van der Waals surface area contributed by atoms with Gasteiger partial charge in [-0.3, -0.25) is 9.59 Å². The van der Waals surface area contributed by atoms with Gasteiger partial charge in [-0.15, -0.1) is 11.3 Å². The molecule has 2 aromatic carbocycles. The molecule has 0 unspecified atom stereocenters. The summed E-state index contributed by atoms with van der Waals surface area (Å²) in [7, 11) is 0. The van der Waals surface area contributed by atoms with Gasteiger partial charge in [-0.05, 0) is 37.9 Å². The number of thiazole rings is 1. The normalized spacial score (nSPS) is 12.7. The second-order valence-electron chi connectivity index (χ2n) is 5.60. The van der Waals surface area contributed by atoms with Crippen LogP contribution in [-0.4, -0.2) is 16.6 Å². The Balaban J connectivity index is 1.84. The van der Waals surface area contributed by atoms with Crippen molar-refractivity contribution in [2.45, 2.75) is 6.54 Å². The van der Waals surface area contributed by atoms with Crippen LogP contribution in [0.15, 0.2) is 45.5 Å². The molecule has 1 N–H and O–H groups in total. The summed E-state index contributed by atoms with van der Waals surface area (Å²) < 4.78 is 1.73. The number of nitrogens with one attached hydrogen (secondary N) is 1. The van der Waals surface area contributed by atoms with Crippen LogP contribution in [-0.2, 0) is 6.54 Å². The first-order valence-corrected chi connectivity index (χ1v) is 10.3. The number of rotatable bonds is 3. The number of aromatic nitrogens is 1. The lowest BCUT2D eigenvalue weighted by molar-refractivity contribution is 0.0979. The highest BCUT2D eigenvalue weighted by atomic mass is 79.9. The Morgan fingerprint density at radius 3 is 2.31 bits per heavy atom. The Hall–Kier alpha value is -1.54. The van der Waals surface area contributed by atoms with Crippen LogP contribution in [0.1, 0.15) is 36.7 Å². The van der Waals surface area contributed by atoms with Gasteiger partial charge in [0.2, 0.25) is 0 Å². The number of ketones is 2. The van der Waals surface area contributed by atoms with Crippen LogP contribution in [0, 0.1) is 0 Å². The molecular formula is C18H9Br2ClN2O2S. The van der Waals surface area contributed by atoms with E-state index in [1.807, 2.05) is 0 Å². The molecule has 0 atom stereocenters. The maximum absolute atomic E-state index is 13.1. The Morgan fingerprint density at radius 2 is 1.69 bits per heavy atom. The van der Waals surface area contributed by atoms with Crippen molar-refractivity contribution >= 4 is 72.1 Å². The van der Waals surface area contributed by atoms with Crippen molar-refractivity contribution < 1.29 is 9.59 Å². The maximum atomic E-state index is 13.1. The van der Waals surface area contributed by atoms with Gasteiger partial charge in [0.1, 0.15) is 0 Å². The van der Waals surface area contributed by atoms with Gasteiger partial charge < -0.3 is 5.32 Å². The SMILES string of the molecule is O=C1c2ccccc2C(=O)c2c(NCc3cnc(Cl)s3)c(Br)cc(Br)c21. The first-order chi connectivity index (χ1) is 12.5. The minimum atomic E-state index is -0.179. The summed E-state index contributed by atoms with van der Waals surface area (Å²) in [5.74, 6) is -0.347. The van der Waals surface area contributed by atoms with Gasteiger partial charge in [-0.2, -0.15) is 0 Å². The van der Waals surface area contributed by atoms with Crippen molar-refractivity contribution in [3.8, 4) is 0 Å². The molecule has 4 rings (SSSR count). The Kier molecular flexibility index (Phi) is 4.73. The third-order valence-electron chi connectivity index (χ3n) is 4.07. The smallest absolute Gasteiger partial charge is 0.196 e. The maximum Gasteiger partial charge on any atom is 0.196 e. The van der Waals surface area contributed by atoms with Crippen molar-refractivity contribution in [2.24, 2.45) is 0 Å². The first kappa shape index (κ1) is 17.9. The van der Waals surface area contributed by atoms with Gasteiger partial charge in [-0.25, -0.2) is 4.98 Å². The largest absolute Gasteiger partial charge is 0.379 e. The minimum absolute atomic E-state index is 0.168. The van der Waals surface area contributed by atoms with Gasteiger partial charge >= 0.3 is 0 Å². The average Bonchev–Trinajstić information content (AvgIpc) is 3.04. The van der Waals surface area contributed by atoms with E-state index in [-0.39, 0.29) is 11.6 Å². The van der Waals surface area contributed by atoms with Crippen LogP contribution >= 0.6 is 54.8 Å². The van der Waals surface area contributed by atoms with Gasteiger partial charge in [0, 0.05) is 31.1 Å². The molecule has 0 bridgehead atoms. The van der Waals surface area contributed by atoms with E-state index in [1.165, 1.54) is 11.3 Å². The fraction of sp³-hybridized carbons (Fsp3) is 0.0556. The van der Waals surface area contributed by atoms with Crippen molar-refractivity contribution in [3.63, 3.8) is 0 Å². The fourth-order valence-electron chi connectivity index (χ4n) is 2.93. The number of hydrogen-bond donors (Lipinski definition) is 1. The predicted octanol–water partition coefficient (Wildman–Crippen LogP) is 5.71. The molecule has 8 heteroatoms. The van der Waals surface area contributed by atoms with Crippen molar-refractivity contribution in [3.05, 3.63) is 77.1 Å². The molecule has 0 saturated carbocycles. The molecule has 1 heterocycles. The van der Waals surface area contributed by atoms with Crippen molar-refractivity contribution in [1.29, 1.82) is 0 Å². The second-order valence-corrected chi connectivity index (χ2v) is 9.01. The summed E-state index contributed by atoms with van der Waals surface area (Å²) in [6.07, 6.45) is 1.68. The lowest BCUT2D eigenvalue weighted by atomic mass is 9.83. The summed E-state index contributed by atoms with van der Waals surface area (Å²) in [4.78, 5) is 31.0. The van der Waals surface area contributed by atoms with E-state index in [4.69, 9.17) is 11.6 Å². The molecule has 0 amide bonds. The topological polar surface area (TPSA) is 59.1 Å². The zero-order valence-corrected chi connectivity index (χ0v) is 17.7. The quantitative estimate of drug-likeness (QED) is 0.382. The zero-order valence-electron chi connectivity index (χ0n) is 13.0. The van der Waals surface area contributed by atoms with E-state index in [0.717, 1.165) is 4.88 Å². The predicted molar refractivity (Wildman–Crippen MR) is 110 cm³/mol. The number of carbonyl (C=O) groups excluding carboxylic acids is 2. The monoisotopic (exact) mass is 510 g/mol. The van der Waals surface area contributed by atoms with Crippen LogP contribution < -0.4 is 5.32 Å². The molecule has 1 aliphatic rings. The summed E-state index contributed by atoms with van der Waals surface area (Å²) in [6.45, 7) is 0.445. The average molecular weight is 513 g/mol. The first-order valence-electron chi connectivity index (χ1n) is 7.52. The zero-order chi connectivity index (χ0) is 18.4. The third-order valence-corrected chi connectivity index (χ3v) is 6.43. The van der Waals surface area contributed by atoms with Crippen LogP contribution in [0.4, 0.5) is 5.69 Å². The molecule has 130 valence electrons. The third kappa shape index (κ3) is 2.93. The lowest BCUT2D eigenvalue weighted by Crippen LogP contribution is -2.23. The van der Waals surface area contributed by atoms with E-state index >= 15 is 0 Å². The van der Waals surface area contributed by atoms with E-state index in [2.05, 4.69) is 42.2 Å². The van der Waals surface area contributed by atoms with E-state index < -0.39 is 0 Å². The highest BCUT2D eigenvalue weighted by molar-refractivity contribution is 9.11. The van der Waals surface area contributed by atoms with Crippen LogP contribution in [0.25, 0.3) is 0 Å². The second kappa shape index (κ2) is 6.88. The molecule has 1 aromatic heterocycles. The molecule has 1 aliphatic carbocycles. The van der Waals surface area contributed by atoms with Crippen LogP contribution in [0.3, 0.4) is 0 Å².